The summed E-state index contributed by atoms with van der Waals surface area (Å²) in [7, 11) is -1.19. The molecule has 0 saturated carbocycles. The van der Waals surface area contributed by atoms with Gasteiger partial charge in [-0.2, -0.15) is 8.42 Å². The first-order valence-electron chi connectivity index (χ1n) is 2.96. The summed E-state index contributed by atoms with van der Waals surface area (Å²) in [6.07, 6.45) is 0.881. The molecule has 0 amide bonds. The summed E-state index contributed by atoms with van der Waals surface area (Å²) < 4.78 is 35.1. The highest BCUT2D eigenvalue weighted by atomic mass is 35.5. The van der Waals surface area contributed by atoms with Crippen molar-refractivity contribution in [3.05, 3.63) is 0 Å². The summed E-state index contributed by atoms with van der Waals surface area (Å²) in [4.78, 5) is 0. The van der Waals surface area contributed by atoms with Crippen LogP contribution >= 0.6 is 11.6 Å². The van der Waals surface area contributed by atoms with Gasteiger partial charge in [-0.05, 0) is 0 Å². The van der Waals surface area contributed by atoms with Crippen LogP contribution in [0.2, 0.25) is 0 Å². The largest absolute Gasteiger partial charge is 0.329 e. The molecule has 0 N–H and O–H groups in total. The van der Waals surface area contributed by atoms with E-state index in [1.165, 1.54) is 14.2 Å². The predicted octanol–water partition coefficient (Wildman–Crippen LogP) is 0.148. The zero-order chi connectivity index (χ0) is 9.83. The SMILES string of the molecule is COC(CCl)(OC)OS(C)(=O)=O. The predicted molar refractivity (Wildman–Crippen MR) is 43.4 cm³/mol. The van der Waals surface area contributed by atoms with Crippen molar-refractivity contribution in [3.63, 3.8) is 0 Å². The molecule has 0 radical (unpaired) electrons. The molecule has 0 rings (SSSR count). The van der Waals surface area contributed by atoms with Gasteiger partial charge in [-0.3, -0.25) is 0 Å². The molecule has 7 heteroatoms. The molecular weight excluding hydrogens is 208 g/mol. The highest BCUT2D eigenvalue weighted by Crippen LogP contribution is 2.17. The van der Waals surface area contributed by atoms with Gasteiger partial charge in [0, 0.05) is 14.2 Å². The number of rotatable bonds is 5. The van der Waals surface area contributed by atoms with Crippen LogP contribution in [0, 0.1) is 0 Å². The van der Waals surface area contributed by atoms with E-state index in [4.69, 9.17) is 11.6 Å². The van der Waals surface area contributed by atoms with Crippen molar-refractivity contribution in [1.29, 1.82) is 0 Å². The fourth-order valence-electron chi connectivity index (χ4n) is 0.513. The molecular formula is C5H11ClO5S. The standard InChI is InChI=1S/C5H11ClO5S/c1-9-5(4-6,10-2)11-12(3,7)8/h4H2,1-3H3. The first kappa shape index (κ1) is 12.1. The maximum Gasteiger partial charge on any atom is 0.311 e. The molecule has 0 unspecified atom stereocenters. The molecule has 0 saturated heterocycles. The van der Waals surface area contributed by atoms with Crippen LogP contribution < -0.4 is 0 Å². The molecule has 0 aromatic rings. The first-order valence-corrected chi connectivity index (χ1v) is 5.31. The molecule has 0 heterocycles. The van der Waals surface area contributed by atoms with E-state index in [2.05, 4.69) is 13.7 Å². The summed E-state index contributed by atoms with van der Waals surface area (Å²) >= 11 is 5.39. The quantitative estimate of drug-likeness (QED) is 0.373. The molecule has 0 spiro atoms. The summed E-state index contributed by atoms with van der Waals surface area (Å²) in [5, 5.41) is 0. The van der Waals surface area contributed by atoms with Crippen molar-refractivity contribution < 1.29 is 22.1 Å². The van der Waals surface area contributed by atoms with E-state index < -0.39 is 16.1 Å². The van der Waals surface area contributed by atoms with Crippen LogP contribution in [0.4, 0.5) is 0 Å². The molecule has 12 heavy (non-hydrogen) atoms. The van der Waals surface area contributed by atoms with Crippen molar-refractivity contribution in [2.24, 2.45) is 0 Å². The fraction of sp³-hybridized carbons (Fsp3) is 1.00. The number of hydrogen-bond donors (Lipinski definition) is 0. The van der Waals surface area contributed by atoms with Gasteiger partial charge in [0.05, 0.1) is 6.26 Å². The molecule has 0 aromatic carbocycles. The van der Waals surface area contributed by atoms with Gasteiger partial charge >= 0.3 is 5.97 Å². The lowest BCUT2D eigenvalue weighted by Crippen LogP contribution is -2.40. The van der Waals surface area contributed by atoms with Crippen LogP contribution in [0.5, 0.6) is 0 Å². The number of methoxy groups -OCH3 is 2. The molecule has 0 fully saturated rings. The second kappa shape index (κ2) is 4.38. The van der Waals surface area contributed by atoms with E-state index in [1.54, 1.807) is 0 Å². The number of alkyl halides is 1. The average Bonchev–Trinajstić information content (AvgIpc) is 1.99. The maximum absolute atomic E-state index is 10.7. The van der Waals surface area contributed by atoms with Crippen LogP contribution in [-0.2, 0) is 23.8 Å². The van der Waals surface area contributed by atoms with Gasteiger partial charge in [0.15, 0.2) is 0 Å². The van der Waals surface area contributed by atoms with Gasteiger partial charge < -0.3 is 9.47 Å². The Hall–Kier alpha value is 0.120. The molecule has 0 aliphatic carbocycles. The van der Waals surface area contributed by atoms with E-state index in [-0.39, 0.29) is 5.88 Å². The lowest BCUT2D eigenvalue weighted by Gasteiger charge is -2.26. The van der Waals surface area contributed by atoms with Gasteiger partial charge in [-0.1, -0.05) is 0 Å². The zero-order valence-corrected chi connectivity index (χ0v) is 8.61. The van der Waals surface area contributed by atoms with Gasteiger partial charge in [0.1, 0.15) is 5.88 Å². The smallest absolute Gasteiger partial charge is 0.311 e. The van der Waals surface area contributed by atoms with Crippen LogP contribution in [-0.4, -0.2) is 40.7 Å². The fourth-order valence-corrected chi connectivity index (χ4v) is 1.51. The number of ether oxygens (including phenoxy) is 2. The van der Waals surface area contributed by atoms with Crippen molar-refractivity contribution in [3.8, 4) is 0 Å². The highest BCUT2D eigenvalue weighted by Gasteiger charge is 2.34. The molecule has 74 valence electrons. The van der Waals surface area contributed by atoms with E-state index >= 15 is 0 Å². The summed E-state index contributed by atoms with van der Waals surface area (Å²) in [5.74, 6) is -1.96. The highest BCUT2D eigenvalue weighted by molar-refractivity contribution is 7.86. The van der Waals surface area contributed by atoms with Crippen LogP contribution in [0.15, 0.2) is 0 Å². The summed E-state index contributed by atoms with van der Waals surface area (Å²) in [6.45, 7) is 0. The Balaban J connectivity index is 4.52. The molecule has 0 aliphatic rings. The Morgan fingerprint density at radius 1 is 1.33 bits per heavy atom. The third kappa shape index (κ3) is 3.68. The van der Waals surface area contributed by atoms with Gasteiger partial charge in [0.2, 0.25) is 0 Å². The van der Waals surface area contributed by atoms with Crippen LogP contribution in [0.25, 0.3) is 0 Å². The molecule has 5 nitrogen and oxygen atoms in total. The average molecular weight is 219 g/mol. The molecule has 0 atom stereocenters. The normalized spacial score (nSPS) is 13.3. The van der Waals surface area contributed by atoms with Gasteiger partial charge in [0.25, 0.3) is 10.1 Å². The Labute approximate surface area is 76.7 Å². The van der Waals surface area contributed by atoms with E-state index in [0.29, 0.717) is 0 Å². The van der Waals surface area contributed by atoms with E-state index in [0.717, 1.165) is 6.26 Å². The Morgan fingerprint density at radius 3 is 1.83 bits per heavy atom. The van der Waals surface area contributed by atoms with Crippen molar-refractivity contribution in [2.45, 2.75) is 5.97 Å². The van der Waals surface area contributed by atoms with Crippen LogP contribution in [0.3, 0.4) is 0 Å². The van der Waals surface area contributed by atoms with Crippen molar-refractivity contribution in [1.82, 2.24) is 0 Å². The minimum Gasteiger partial charge on any atom is -0.329 e. The van der Waals surface area contributed by atoms with E-state index in [1.807, 2.05) is 0 Å². The zero-order valence-electron chi connectivity index (χ0n) is 7.03. The lowest BCUT2D eigenvalue weighted by molar-refractivity contribution is -0.304. The molecule has 0 bridgehead atoms. The minimum atomic E-state index is -3.65. The first-order chi connectivity index (χ1) is 5.39. The number of halogens is 1. The van der Waals surface area contributed by atoms with Crippen molar-refractivity contribution >= 4 is 21.7 Å². The second-order valence-electron chi connectivity index (χ2n) is 2.01. The van der Waals surface area contributed by atoms with E-state index in [9.17, 15) is 8.42 Å². The Kier molecular flexibility index (Phi) is 4.43. The maximum atomic E-state index is 10.7. The third-order valence-electron chi connectivity index (χ3n) is 1.06. The minimum absolute atomic E-state index is 0.243. The number of hydrogen-bond acceptors (Lipinski definition) is 5. The van der Waals surface area contributed by atoms with Crippen molar-refractivity contribution in [2.75, 3.05) is 26.4 Å². The summed E-state index contributed by atoms with van der Waals surface area (Å²) in [6, 6.07) is 0. The monoisotopic (exact) mass is 218 g/mol. The Morgan fingerprint density at radius 2 is 1.75 bits per heavy atom. The molecule has 0 aromatic heterocycles. The van der Waals surface area contributed by atoms with Gasteiger partial charge in [-0.15, -0.1) is 11.6 Å². The second-order valence-corrected chi connectivity index (χ2v) is 3.85. The van der Waals surface area contributed by atoms with Gasteiger partial charge in [-0.25, -0.2) is 4.18 Å². The Bertz CT molecular complexity index is 212. The topological polar surface area (TPSA) is 61.8 Å². The third-order valence-corrected chi connectivity index (χ3v) is 1.95. The summed E-state index contributed by atoms with van der Waals surface area (Å²) in [5.41, 5.74) is 0. The van der Waals surface area contributed by atoms with Crippen LogP contribution in [0.1, 0.15) is 0 Å². The molecule has 0 aliphatic heterocycles. The lowest BCUT2D eigenvalue weighted by atomic mass is 10.6.